The molecule has 3 rings (SSSR count). The van der Waals surface area contributed by atoms with E-state index in [4.69, 9.17) is 10.3 Å². The van der Waals surface area contributed by atoms with Gasteiger partial charge in [-0.1, -0.05) is 25.4 Å². The molecule has 0 aliphatic carbocycles. The zero-order valence-corrected chi connectivity index (χ0v) is 15.2. The number of nitrogens with zero attached hydrogens (tertiary/aromatic N) is 3. The van der Waals surface area contributed by atoms with Gasteiger partial charge in [0.15, 0.2) is 0 Å². The number of benzene rings is 1. The predicted octanol–water partition coefficient (Wildman–Crippen LogP) is 2.96. The minimum absolute atomic E-state index is 0.00136. The SMILES string of the molecule is CCC(C)C(N)C(=O)N1CCCC(c2nc(-c3ccc(F)cc3)no2)C1. The lowest BCUT2D eigenvalue weighted by atomic mass is 9.94. The molecule has 0 radical (unpaired) electrons. The summed E-state index contributed by atoms with van der Waals surface area (Å²) in [6.45, 7) is 5.27. The lowest BCUT2D eigenvalue weighted by molar-refractivity contribution is -0.135. The number of aromatic nitrogens is 2. The van der Waals surface area contributed by atoms with E-state index in [9.17, 15) is 9.18 Å². The molecule has 2 heterocycles. The van der Waals surface area contributed by atoms with E-state index in [1.165, 1.54) is 12.1 Å². The van der Waals surface area contributed by atoms with Crippen molar-refractivity contribution in [2.75, 3.05) is 13.1 Å². The first-order chi connectivity index (χ1) is 12.5. The van der Waals surface area contributed by atoms with Gasteiger partial charge in [-0.3, -0.25) is 4.79 Å². The number of halogens is 1. The third kappa shape index (κ3) is 3.93. The molecular weight excluding hydrogens is 335 g/mol. The molecule has 6 nitrogen and oxygen atoms in total. The number of amides is 1. The third-order valence-electron chi connectivity index (χ3n) is 5.17. The second-order valence-corrected chi connectivity index (χ2v) is 7.00. The van der Waals surface area contributed by atoms with Crippen LogP contribution in [0.15, 0.2) is 28.8 Å². The molecule has 140 valence electrons. The molecule has 0 bridgehead atoms. The molecule has 1 aromatic heterocycles. The largest absolute Gasteiger partial charge is 0.341 e. The van der Waals surface area contributed by atoms with Gasteiger partial charge in [-0.15, -0.1) is 0 Å². The first kappa shape index (κ1) is 18.5. The minimum atomic E-state index is -0.476. The van der Waals surface area contributed by atoms with Crippen molar-refractivity contribution in [2.45, 2.75) is 45.1 Å². The summed E-state index contributed by atoms with van der Waals surface area (Å²) in [6, 6.07) is 5.49. The van der Waals surface area contributed by atoms with Crippen molar-refractivity contribution >= 4 is 5.91 Å². The normalized spacial score (nSPS) is 20.0. The zero-order valence-electron chi connectivity index (χ0n) is 15.2. The van der Waals surface area contributed by atoms with E-state index < -0.39 is 6.04 Å². The van der Waals surface area contributed by atoms with Gasteiger partial charge in [-0.05, 0) is 43.0 Å². The van der Waals surface area contributed by atoms with E-state index in [1.807, 2.05) is 18.7 Å². The van der Waals surface area contributed by atoms with Crippen molar-refractivity contribution in [1.29, 1.82) is 0 Å². The summed E-state index contributed by atoms with van der Waals surface area (Å²) in [5.74, 6) is 0.771. The smallest absolute Gasteiger partial charge is 0.239 e. The highest BCUT2D eigenvalue weighted by atomic mass is 19.1. The van der Waals surface area contributed by atoms with Crippen LogP contribution in [0.3, 0.4) is 0 Å². The molecule has 1 aliphatic heterocycles. The highest BCUT2D eigenvalue weighted by Crippen LogP contribution is 2.28. The topological polar surface area (TPSA) is 85.3 Å². The molecule has 2 N–H and O–H groups in total. The standard InChI is InChI=1S/C19H25FN4O2/c1-3-12(2)16(21)19(25)24-10-4-5-14(11-24)18-22-17(23-26-18)13-6-8-15(20)9-7-13/h6-9,12,14,16H,3-5,10-11,21H2,1-2H3. The number of rotatable bonds is 5. The third-order valence-corrected chi connectivity index (χ3v) is 5.17. The Labute approximate surface area is 152 Å². The summed E-state index contributed by atoms with van der Waals surface area (Å²) in [5.41, 5.74) is 6.80. The van der Waals surface area contributed by atoms with E-state index in [-0.39, 0.29) is 23.6 Å². The molecule has 0 saturated carbocycles. The number of carbonyl (C=O) groups excluding carboxylic acids is 1. The Morgan fingerprint density at radius 3 is 2.85 bits per heavy atom. The first-order valence-electron chi connectivity index (χ1n) is 9.13. The second kappa shape index (κ2) is 7.95. The molecule has 3 atom stereocenters. The lowest BCUT2D eigenvalue weighted by Gasteiger charge is -2.34. The highest BCUT2D eigenvalue weighted by Gasteiger charge is 2.32. The Morgan fingerprint density at radius 1 is 1.42 bits per heavy atom. The van der Waals surface area contributed by atoms with Crippen LogP contribution in [-0.2, 0) is 4.79 Å². The van der Waals surface area contributed by atoms with Crippen LogP contribution in [0.1, 0.15) is 44.9 Å². The van der Waals surface area contributed by atoms with Crippen LogP contribution in [-0.4, -0.2) is 40.1 Å². The fourth-order valence-corrected chi connectivity index (χ4v) is 3.20. The molecule has 1 aliphatic rings. The van der Waals surface area contributed by atoms with Crippen LogP contribution in [0.4, 0.5) is 4.39 Å². The summed E-state index contributed by atoms with van der Waals surface area (Å²) in [5, 5.41) is 4.00. The van der Waals surface area contributed by atoms with Crippen LogP contribution in [0, 0.1) is 11.7 Å². The van der Waals surface area contributed by atoms with E-state index in [0.29, 0.717) is 30.4 Å². The van der Waals surface area contributed by atoms with Gasteiger partial charge in [-0.2, -0.15) is 4.98 Å². The molecule has 1 saturated heterocycles. The second-order valence-electron chi connectivity index (χ2n) is 7.00. The van der Waals surface area contributed by atoms with Gasteiger partial charge >= 0.3 is 0 Å². The number of hydrogen-bond acceptors (Lipinski definition) is 5. The quantitative estimate of drug-likeness (QED) is 0.886. The van der Waals surface area contributed by atoms with Gasteiger partial charge in [0.1, 0.15) is 5.82 Å². The van der Waals surface area contributed by atoms with E-state index >= 15 is 0 Å². The van der Waals surface area contributed by atoms with Gasteiger partial charge < -0.3 is 15.2 Å². The first-order valence-corrected chi connectivity index (χ1v) is 9.13. The Balaban J connectivity index is 1.70. The van der Waals surface area contributed by atoms with Crippen molar-refractivity contribution in [3.05, 3.63) is 36.0 Å². The van der Waals surface area contributed by atoms with E-state index in [0.717, 1.165) is 19.3 Å². The molecule has 2 aromatic rings. The van der Waals surface area contributed by atoms with Gasteiger partial charge in [0.05, 0.1) is 12.0 Å². The maximum absolute atomic E-state index is 13.1. The molecule has 26 heavy (non-hydrogen) atoms. The minimum Gasteiger partial charge on any atom is -0.341 e. The van der Waals surface area contributed by atoms with Crippen molar-refractivity contribution in [2.24, 2.45) is 11.7 Å². The fourth-order valence-electron chi connectivity index (χ4n) is 3.20. The average molecular weight is 360 g/mol. The van der Waals surface area contributed by atoms with Crippen LogP contribution in [0.25, 0.3) is 11.4 Å². The maximum Gasteiger partial charge on any atom is 0.239 e. The Hall–Kier alpha value is -2.28. The Bertz CT molecular complexity index is 746. The Morgan fingerprint density at radius 2 is 2.15 bits per heavy atom. The number of carbonyl (C=O) groups is 1. The lowest BCUT2D eigenvalue weighted by Crippen LogP contribution is -2.50. The highest BCUT2D eigenvalue weighted by molar-refractivity contribution is 5.82. The van der Waals surface area contributed by atoms with Crippen molar-refractivity contribution in [3.8, 4) is 11.4 Å². The van der Waals surface area contributed by atoms with Gasteiger partial charge in [0.2, 0.25) is 17.6 Å². The molecule has 1 aromatic carbocycles. The maximum atomic E-state index is 13.1. The fraction of sp³-hybridized carbons (Fsp3) is 0.526. The van der Waals surface area contributed by atoms with E-state index in [1.54, 1.807) is 12.1 Å². The molecule has 7 heteroatoms. The summed E-state index contributed by atoms with van der Waals surface area (Å²) < 4.78 is 18.5. The number of nitrogens with two attached hydrogens (primary N) is 1. The summed E-state index contributed by atoms with van der Waals surface area (Å²) in [7, 11) is 0. The van der Waals surface area contributed by atoms with Gasteiger partial charge in [0, 0.05) is 18.7 Å². The molecule has 1 fully saturated rings. The summed E-state index contributed by atoms with van der Waals surface area (Å²) in [4.78, 5) is 18.9. The van der Waals surface area contributed by atoms with Crippen molar-refractivity contribution in [1.82, 2.24) is 15.0 Å². The van der Waals surface area contributed by atoms with Crippen molar-refractivity contribution in [3.63, 3.8) is 0 Å². The molecular formula is C19H25FN4O2. The predicted molar refractivity (Wildman–Crippen MR) is 95.7 cm³/mol. The van der Waals surface area contributed by atoms with Crippen LogP contribution in [0.5, 0.6) is 0 Å². The summed E-state index contributed by atoms with van der Waals surface area (Å²) >= 11 is 0. The van der Waals surface area contributed by atoms with Crippen molar-refractivity contribution < 1.29 is 13.7 Å². The van der Waals surface area contributed by atoms with Crippen LogP contribution >= 0.6 is 0 Å². The van der Waals surface area contributed by atoms with Crippen LogP contribution < -0.4 is 5.73 Å². The Kier molecular flexibility index (Phi) is 5.66. The monoisotopic (exact) mass is 360 g/mol. The van der Waals surface area contributed by atoms with Crippen LogP contribution in [0.2, 0.25) is 0 Å². The molecule has 1 amide bonds. The van der Waals surface area contributed by atoms with Gasteiger partial charge in [-0.25, -0.2) is 4.39 Å². The number of likely N-dealkylation sites (tertiary alicyclic amines) is 1. The van der Waals surface area contributed by atoms with E-state index in [2.05, 4.69) is 10.1 Å². The average Bonchev–Trinajstić information content (AvgIpc) is 3.17. The number of hydrogen-bond donors (Lipinski definition) is 1. The zero-order chi connectivity index (χ0) is 18.7. The molecule has 0 spiro atoms. The number of piperidine rings is 1. The molecule has 3 unspecified atom stereocenters. The summed E-state index contributed by atoms with van der Waals surface area (Å²) in [6.07, 6.45) is 2.63. The van der Waals surface area contributed by atoms with Gasteiger partial charge in [0.25, 0.3) is 0 Å².